The molecule has 3 N–H and O–H groups in total. The second-order valence-corrected chi connectivity index (χ2v) is 10.5. The molecule has 0 radical (unpaired) electrons. The summed E-state index contributed by atoms with van der Waals surface area (Å²) >= 11 is 0. The molecule has 0 bridgehead atoms. The maximum absolute atomic E-state index is 12.5. The first-order chi connectivity index (χ1) is 16.7. The van der Waals surface area contributed by atoms with Gasteiger partial charge in [0.25, 0.3) is 0 Å². The molecule has 0 aliphatic heterocycles. The van der Waals surface area contributed by atoms with Crippen LogP contribution in [0.4, 0.5) is 4.79 Å². The molecular formula is C28H34N2O5. The average molecular weight is 479 g/mol. The smallest absolute Gasteiger partial charge is 0.407 e. The second-order valence-electron chi connectivity index (χ2n) is 10.5. The molecule has 7 heteroatoms. The van der Waals surface area contributed by atoms with E-state index >= 15 is 0 Å². The number of carbonyl (C=O) groups excluding carboxylic acids is 2. The Morgan fingerprint density at radius 1 is 0.943 bits per heavy atom. The van der Waals surface area contributed by atoms with Crippen LogP contribution in [0, 0.1) is 11.3 Å². The number of nitrogens with one attached hydrogen (secondary N) is 2. The predicted octanol–water partition coefficient (Wildman–Crippen LogP) is 4.70. The third kappa shape index (κ3) is 6.02. The first-order valence-electron chi connectivity index (χ1n) is 12.3. The summed E-state index contributed by atoms with van der Waals surface area (Å²) < 4.78 is 5.59. The Hall–Kier alpha value is -3.35. The molecule has 7 nitrogen and oxygen atoms in total. The van der Waals surface area contributed by atoms with Crippen LogP contribution in [0.5, 0.6) is 0 Å². The standard InChI is InChI=1S/C28H34N2O5/c1-28(2,15-25(31)30-19-13-11-18(12-14-19)26(32)33)17-29-27(34)35-16-24-22-9-5-3-7-20(22)21-8-4-6-10-23(21)24/h3-10,18-19,24H,11-17H2,1-2H3,(H,29,34)(H,30,31)(H,32,33). The molecule has 0 heterocycles. The minimum Gasteiger partial charge on any atom is -0.481 e. The number of benzene rings is 2. The van der Waals surface area contributed by atoms with Crippen LogP contribution in [0.3, 0.4) is 0 Å². The largest absolute Gasteiger partial charge is 0.481 e. The fourth-order valence-electron chi connectivity index (χ4n) is 5.22. The van der Waals surface area contributed by atoms with Crippen molar-refractivity contribution in [3.8, 4) is 11.1 Å². The van der Waals surface area contributed by atoms with Crippen LogP contribution >= 0.6 is 0 Å². The van der Waals surface area contributed by atoms with Crippen LogP contribution in [-0.4, -0.2) is 42.3 Å². The Morgan fingerprint density at radius 2 is 1.51 bits per heavy atom. The van der Waals surface area contributed by atoms with Gasteiger partial charge in [-0.05, 0) is 53.4 Å². The normalized spacial score (nSPS) is 19.4. The maximum atomic E-state index is 12.5. The summed E-state index contributed by atoms with van der Waals surface area (Å²) in [7, 11) is 0. The number of rotatable bonds is 8. The number of hydrogen-bond acceptors (Lipinski definition) is 4. The van der Waals surface area contributed by atoms with Crippen LogP contribution in [-0.2, 0) is 14.3 Å². The number of carboxylic acids is 1. The Kier molecular flexibility index (Phi) is 7.43. The van der Waals surface area contributed by atoms with Gasteiger partial charge >= 0.3 is 12.1 Å². The minimum atomic E-state index is -0.754. The first-order valence-corrected chi connectivity index (χ1v) is 12.3. The van der Waals surface area contributed by atoms with Gasteiger partial charge in [-0.15, -0.1) is 0 Å². The lowest BCUT2D eigenvalue weighted by atomic mass is 9.85. The lowest BCUT2D eigenvalue weighted by Crippen LogP contribution is -2.42. The van der Waals surface area contributed by atoms with Crippen LogP contribution in [0.15, 0.2) is 48.5 Å². The Labute approximate surface area is 206 Å². The number of amides is 2. The van der Waals surface area contributed by atoms with E-state index in [1.807, 2.05) is 38.1 Å². The van der Waals surface area contributed by atoms with Gasteiger partial charge in [0.1, 0.15) is 6.61 Å². The van der Waals surface area contributed by atoms with Crippen molar-refractivity contribution in [3.63, 3.8) is 0 Å². The highest BCUT2D eigenvalue weighted by atomic mass is 16.5. The van der Waals surface area contributed by atoms with E-state index in [1.54, 1.807) is 0 Å². The molecule has 2 aliphatic rings. The summed E-state index contributed by atoms with van der Waals surface area (Å²) in [6.07, 6.45) is 2.31. The van der Waals surface area contributed by atoms with E-state index in [2.05, 4.69) is 34.9 Å². The van der Waals surface area contributed by atoms with E-state index in [1.165, 1.54) is 11.1 Å². The number of alkyl carbamates (subject to hydrolysis) is 1. The molecule has 2 aliphatic carbocycles. The van der Waals surface area contributed by atoms with Gasteiger partial charge in [0, 0.05) is 24.9 Å². The lowest BCUT2D eigenvalue weighted by Gasteiger charge is -2.29. The average Bonchev–Trinajstić information content (AvgIpc) is 3.15. The molecule has 2 aromatic rings. The summed E-state index contributed by atoms with van der Waals surface area (Å²) in [6, 6.07) is 16.4. The molecule has 186 valence electrons. The van der Waals surface area contributed by atoms with Crippen LogP contribution in [0.2, 0.25) is 0 Å². The molecule has 2 aromatic carbocycles. The predicted molar refractivity (Wildman–Crippen MR) is 133 cm³/mol. The van der Waals surface area contributed by atoms with E-state index in [0.717, 1.165) is 11.1 Å². The Bertz CT molecular complexity index is 1040. The van der Waals surface area contributed by atoms with Gasteiger partial charge < -0.3 is 20.5 Å². The van der Waals surface area contributed by atoms with Gasteiger partial charge in [0.2, 0.25) is 5.91 Å². The fourth-order valence-corrected chi connectivity index (χ4v) is 5.22. The van der Waals surface area contributed by atoms with E-state index in [0.29, 0.717) is 32.2 Å². The van der Waals surface area contributed by atoms with Crippen molar-refractivity contribution >= 4 is 18.0 Å². The quantitative estimate of drug-likeness (QED) is 0.510. The summed E-state index contributed by atoms with van der Waals surface area (Å²) in [4.78, 5) is 36.1. The zero-order valence-corrected chi connectivity index (χ0v) is 20.4. The maximum Gasteiger partial charge on any atom is 0.407 e. The molecule has 2 amide bonds. The SMILES string of the molecule is CC(C)(CNC(=O)OCC1c2ccccc2-c2ccccc21)CC(=O)NC1CCC(C(=O)O)CC1. The number of hydrogen-bond donors (Lipinski definition) is 3. The zero-order chi connectivity index (χ0) is 25.0. The van der Waals surface area contributed by atoms with Crippen LogP contribution in [0.25, 0.3) is 11.1 Å². The van der Waals surface area contributed by atoms with Gasteiger partial charge in [-0.1, -0.05) is 62.4 Å². The Morgan fingerprint density at radius 3 is 2.09 bits per heavy atom. The van der Waals surface area contributed by atoms with Gasteiger partial charge in [-0.25, -0.2) is 4.79 Å². The summed E-state index contributed by atoms with van der Waals surface area (Å²) in [5.41, 5.74) is 4.24. The van der Waals surface area contributed by atoms with Crippen LogP contribution in [0.1, 0.15) is 63.0 Å². The zero-order valence-electron chi connectivity index (χ0n) is 20.4. The summed E-state index contributed by atoms with van der Waals surface area (Å²) in [5.74, 6) is -1.14. The highest BCUT2D eigenvalue weighted by molar-refractivity contribution is 5.79. The van der Waals surface area contributed by atoms with Crippen molar-refractivity contribution in [1.82, 2.24) is 10.6 Å². The fraction of sp³-hybridized carbons (Fsp3) is 0.464. The molecule has 0 saturated heterocycles. The topological polar surface area (TPSA) is 105 Å². The van der Waals surface area contributed by atoms with E-state index < -0.39 is 17.5 Å². The summed E-state index contributed by atoms with van der Waals surface area (Å²) in [5, 5.41) is 15.0. The molecule has 1 saturated carbocycles. The van der Waals surface area contributed by atoms with Crippen molar-refractivity contribution in [1.29, 1.82) is 0 Å². The molecule has 0 spiro atoms. The van der Waals surface area contributed by atoms with Crippen molar-refractivity contribution in [3.05, 3.63) is 59.7 Å². The van der Waals surface area contributed by atoms with Gasteiger partial charge in [0.15, 0.2) is 0 Å². The minimum absolute atomic E-state index is 0.00292. The molecule has 0 atom stereocenters. The number of ether oxygens (including phenoxy) is 1. The third-order valence-electron chi connectivity index (χ3n) is 7.14. The van der Waals surface area contributed by atoms with E-state index in [9.17, 15) is 14.4 Å². The second kappa shape index (κ2) is 10.5. The monoisotopic (exact) mass is 478 g/mol. The van der Waals surface area contributed by atoms with E-state index in [4.69, 9.17) is 9.84 Å². The number of aliphatic carboxylic acids is 1. The van der Waals surface area contributed by atoms with Gasteiger partial charge in [-0.3, -0.25) is 9.59 Å². The number of fused-ring (bicyclic) bond motifs is 3. The van der Waals surface area contributed by atoms with Crippen molar-refractivity contribution < 1.29 is 24.2 Å². The lowest BCUT2D eigenvalue weighted by molar-refractivity contribution is -0.142. The van der Waals surface area contributed by atoms with Crippen molar-refractivity contribution in [2.45, 2.75) is 57.9 Å². The van der Waals surface area contributed by atoms with Gasteiger partial charge in [-0.2, -0.15) is 0 Å². The molecule has 0 aromatic heterocycles. The summed E-state index contributed by atoms with van der Waals surface area (Å²) in [6.45, 7) is 4.41. The molecule has 1 fully saturated rings. The third-order valence-corrected chi connectivity index (χ3v) is 7.14. The van der Waals surface area contributed by atoms with Crippen LogP contribution < -0.4 is 10.6 Å². The number of carboxylic acid groups (broad SMARTS) is 1. The molecule has 0 unspecified atom stereocenters. The Balaban J connectivity index is 1.23. The molecular weight excluding hydrogens is 444 g/mol. The van der Waals surface area contributed by atoms with Crippen molar-refractivity contribution in [2.75, 3.05) is 13.2 Å². The van der Waals surface area contributed by atoms with Gasteiger partial charge in [0.05, 0.1) is 5.92 Å². The van der Waals surface area contributed by atoms with Crippen molar-refractivity contribution in [2.24, 2.45) is 11.3 Å². The highest BCUT2D eigenvalue weighted by Gasteiger charge is 2.31. The first kappa shape index (κ1) is 24.8. The molecule has 35 heavy (non-hydrogen) atoms. The number of carbonyl (C=O) groups is 3. The van der Waals surface area contributed by atoms with E-state index in [-0.39, 0.29) is 36.8 Å². The highest BCUT2D eigenvalue weighted by Crippen LogP contribution is 2.44. The molecule has 4 rings (SSSR count).